The van der Waals surface area contributed by atoms with E-state index in [9.17, 15) is 12.8 Å². The first-order chi connectivity index (χ1) is 8.50. The summed E-state index contributed by atoms with van der Waals surface area (Å²) in [5.41, 5.74) is 0.626. The predicted octanol–water partition coefficient (Wildman–Crippen LogP) is 1.82. The zero-order valence-electron chi connectivity index (χ0n) is 10.1. The monoisotopic (exact) mass is 273 g/mol. The average molecular weight is 273 g/mol. The lowest BCUT2D eigenvalue weighted by molar-refractivity contribution is 0.412. The molecule has 1 unspecified atom stereocenters. The smallest absolute Gasteiger partial charge is 0.152 e. The topological polar surface area (TPSA) is 55.4 Å². The minimum atomic E-state index is -2.96. The van der Waals surface area contributed by atoms with Gasteiger partial charge in [0.2, 0.25) is 0 Å². The van der Waals surface area contributed by atoms with Crippen molar-refractivity contribution in [3.8, 4) is 5.75 Å². The Hall–Kier alpha value is -1.30. The van der Waals surface area contributed by atoms with Crippen LogP contribution in [0.2, 0.25) is 0 Å². The van der Waals surface area contributed by atoms with Gasteiger partial charge in [-0.1, -0.05) is 0 Å². The Labute approximate surface area is 106 Å². The van der Waals surface area contributed by atoms with E-state index in [0.717, 1.165) is 6.42 Å². The number of nitrogens with one attached hydrogen (secondary N) is 1. The third kappa shape index (κ3) is 3.13. The van der Waals surface area contributed by atoms with Gasteiger partial charge in [0.25, 0.3) is 0 Å². The minimum Gasteiger partial charge on any atom is -0.494 e. The maximum atomic E-state index is 13.0. The van der Waals surface area contributed by atoms with E-state index in [2.05, 4.69) is 5.32 Å². The third-order valence-corrected chi connectivity index (χ3v) is 4.81. The fourth-order valence-corrected chi connectivity index (χ4v) is 3.78. The van der Waals surface area contributed by atoms with Gasteiger partial charge in [-0.2, -0.15) is 0 Å². The molecule has 1 aromatic rings. The first kappa shape index (κ1) is 13.1. The second-order valence-electron chi connectivity index (χ2n) is 4.44. The standard InChI is InChI=1S/C12H16FNO3S/c1-17-12-7-9(13)4-5-11(12)14-10-3-2-6-18(15,16)8-10/h4-5,7,10,14H,2-3,6,8H2,1H3. The van der Waals surface area contributed by atoms with E-state index in [4.69, 9.17) is 4.74 Å². The summed E-state index contributed by atoms with van der Waals surface area (Å²) in [6.45, 7) is 0. The van der Waals surface area contributed by atoms with Crippen molar-refractivity contribution in [3.05, 3.63) is 24.0 Å². The molecular formula is C12H16FNO3S. The normalized spacial score (nSPS) is 22.4. The number of halogens is 1. The number of benzene rings is 1. The van der Waals surface area contributed by atoms with Crippen LogP contribution in [0.3, 0.4) is 0 Å². The van der Waals surface area contributed by atoms with Crippen LogP contribution in [0.5, 0.6) is 5.75 Å². The minimum absolute atomic E-state index is 0.119. The van der Waals surface area contributed by atoms with E-state index in [1.54, 1.807) is 6.07 Å². The molecule has 0 bridgehead atoms. The van der Waals surface area contributed by atoms with E-state index in [0.29, 0.717) is 17.9 Å². The lowest BCUT2D eigenvalue weighted by Crippen LogP contribution is -2.34. The van der Waals surface area contributed by atoms with Gasteiger partial charge in [0.15, 0.2) is 9.84 Å². The molecule has 1 N–H and O–H groups in total. The van der Waals surface area contributed by atoms with Crippen molar-refractivity contribution >= 4 is 15.5 Å². The highest BCUT2D eigenvalue weighted by Gasteiger charge is 2.25. The van der Waals surface area contributed by atoms with E-state index in [1.165, 1.54) is 19.2 Å². The lowest BCUT2D eigenvalue weighted by Gasteiger charge is -2.24. The Morgan fingerprint density at radius 3 is 2.89 bits per heavy atom. The highest BCUT2D eigenvalue weighted by atomic mass is 32.2. The fourth-order valence-electron chi connectivity index (χ4n) is 2.14. The Morgan fingerprint density at radius 2 is 2.22 bits per heavy atom. The summed E-state index contributed by atoms with van der Waals surface area (Å²) >= 11 is 0. The molecule has 0 amide bonds. The van der Waals surface area contributed by atoms with Crippen molar-refractivity contribution in [1.82, 2.24) is 0 Å². The maximum Gasteiger partial charge on any atom is 0.152 e. The molecule has 100 valence electrons. The molecule has 6 heteroatoms. The zero-order valence-corrected chi connectivity index (χ0v) is 11.0. The van der Waals surface area contributed by atoms with Gasteiger partial charge in [0.05, 0.1) is 24.3 Å². The van der Waals surface area contributed by atoms with E-state index in [1.807, 2.05) is 0 Å². The SMILES string of the molecule is COc1cc(F)ccc1NC1CCCS(=O)(=O)C1. The first-order valence-corrected chi connectivity index (χ1v) is 7.63. The number of hydrogen-bond acceptors (Lipinski definition) is 4. The molecule has 0 saturated carbocycles. The molecule has 18 heavy (non-hydrogen) atoms. The Balaban J connectivity index is 2.14. The van der Waals surface area contributed by atoms with Crippen LogP contribution in [-0.4, -0.2) is 33.1 Å². The van der Waals surface area contributed by atoms with E-state index < -0.39 is 9.84 Å². The van der Waals surface area contributed by atoms with Gasteiger partial charge in [-0.3, -0.25) is 0 Å². The molecule has 0 radical (unpaired) electrons. The summed E-state index contributed by atoms with van der Waals surface area (Å²) in [5.74, 6) is 0.380. The van der Waals surface area contributed by atoms with Crippen molar-refractivity contribution in [3.63, 3.8) is 0 Å². The zero-order chi connectivity index (χ0) is 13.2. The van der Waals surface area contributed by atoms with Gasteiger partial charge < -0.3 is 10.1 Å². The highest BCUT2D eigenvalue weighted by Crippen LogP contribution is 2.27. The molecule has 1 aliphatic rings. The second kappa shape index (κ2) is 5.14. The molecule has 2 rings (SSSR count). The summed E-state index contributed by atoms with van der Waals surface area (Å²) < 4.78 is 41.2. The van der Waals surface area contributed by atoms with Crippen LogP contribution >= 0.6 is 0 Å². The summed E-state index contributed by atoms with van der Waals surface area (Å²) in [4.78, 5) is 0. The van der Waals surface area contributed by atoms with Crippen LogP contribution in [0.25, 0.3) is 0 Å². The van der Waals surface area contributed by atoms with Gasteiger partial charge in [0, 0.05) is 12.1 Å². The molecule has 1 aliphatic heterocycles. The highest BCUT2D eigenvalue weighted by molar-refractivity contribution is 7.91. The summed E-state index contributed by atoms with van der Waals surface area (Å²) in [6.07, 6.45) is 1.45. The average Bonchev–Trinajstić information content (AvgIpc) is 2.30. The van der Waals surface area contributed by atoms with Gasteiger partial charge in [-0.25, -0.2) is 12.8 Å². The summed E-state index contributed by atoms with van der Waals surface area (Å²) in [5, 5.41) is 3.11. The first-order valence-electron chi connectivity index (χ1n) is 5.81. The molecular weight excluding hydrogens is 257 g/mol. The van der Waals surface area contributed by atoms with Crippen LogP contribution in [0.4, 0.5) is 10.1 Å². The fraction of sp³-hybridized carbons (Fsp3) is 0.500. The third-order valence-electron chi connectivity index (χ3n) is 2.99. The van der Waals surface area contributed by atoms with Gasteiger partial charge in [0.1, 0.15) is 11.6 Å². The van der Waals surface area contributed by atoms with Crippen LogP contribution in [0.15, 0.2) is 18.2 Å². The lowest BCUT2D eigenvalue weighted by atomic mass is 10.1. The Kier molecular flexibility index (Phi) is 3.75. The van der Waals surface area contributed by atoms with Crippen molar-refractivity contribution < 1.29 is 17.5 Å². The summed E-state index contributed by atoms with van der Waals surface area (Å²) in [6, 6.07) is 4.03. The molecule has 0 spiro atoms. The van der Waals surface area contributed by atoms with Gasteiger partial charge >= 0.3 is 0 Å². The predicted molar refractivity (Wildman–Crippen MR) is 68.3 cm³/mol. The molecule has 1 saturated heterocycles. The van der Waals surface area contributed by atoms with Crippen molar-refractivity contribution in [2.75, 3.05) is 23.9 Å². The van der Waals surface area contributed by atoms with Crippen molar-refractivity contribution in [1.29, 1.82) is 0 Å². The van der Waals surface area contributed by atoms with Crippen LogP contribution in [-0.2, 0) is 9.84 Å². The molecule has 1 heterocycles. The van der Waals surface area contributed by atoms with E-state index in [-0.39, 0.29) is 23.4 Å². The van der Waals surface area contributed by atoms with Gasteiger partial charge in [-0.05, 0) is 25.0 Å². The maximum absolute atomic E-state index is 13.0. The molecule has 0 aromatic heterocycles. The Bertz CT molecular complexity index is 530. The number of methoxy groups -OCH3 is 1. The van der Waals surface area contributed by atoms with Crippen LogP contribution in [0.1, 0.15) is 12.8 Å². The molecule has 4 nitrogen and oxygen atoms in total. The molecule has 1 atom stereocenters. The van der Waals surface area contributed by atoms with Crippen LogP contribution < -0.4 is 10.1 Å². The largest absolute Gasteiger partial charge is 0.494 e. The second-order valence-corrected chi connectivity index (χ2v) is 6.67. The molecule has 0 aliphatic carbocycles. The number of hydrogen-bond donors (Lipinski definition) is 1. The van der Waals surface area contributed by atoms with Crippen molar-refractivity contribution in [2.45, 2.75) is 18.9 Å². The van der Waals surface area contributed by atoms with Gasteiger partial charge in [-0.15, -0.1) is 0 Å². The number of rotatable bonds is 3. The number of sulfone groups is 1. The Morgan fingerprint density at radius 1 is 1.44 bits per heavy atom. The van der Waals surface area contributed by atoms with Crippen molar-refractivity contribution in [2.24, 2.45) is 0 Å². The number of anilines is 1. The van der Waals surface area contributed by atoms with E-state index >= 15 is 0 Å². The van der Waals surface area contributed by atoms with Crippen LogP contribution in [0, 0.1) is 5.82 Å². The summed E-state index contributed by atoms with van der Waals surface area (Å²) in [7, 11) is -1.50. The number of ether oxygens (including phenoxy) is 1. The molecule has 1 fully saturated rings. The molecule has 1 aromatic carbocycles. The quantitative estimate of drug-likeness (QED) is 0.912.